The zero-order chi connectivity index (χ0) is 13.8. The number of esters is 1. The Morgan fingerprint density at radius 1 is 1.42 bits per heavy atom. The van der Waals surface area contributed by atoms with E-state index in [4.69, 9.17) is 9.47 Å². The van der Waals surface area contributed by atoms with Crippen LogP contribution >= 0.6 is 0 Å². The van der Waals surface area contributed by atoms with Gasteiger partial charge in [-0.05, 0) is 19.1 Å². The topological polar surface area (TPSA) is 53.4 Å². The summed E-state index contributed by atoms with van der Waals surface area (Å²) in [5.41, 5.74) is 2.38. The molecule has 1 aromatic carbocycles. The first-order valence-corrected chi connectivity index (χ1v) is 5.89. The molecule has 100 valence electrons. The van der Waals surface area contributed by atoms with E-state index < -0.39 is 5.97 Å². The largest absolute Gasteiger partial charge is 0.496 e. The lowest BCUT2D eigenvalue weighted by Crippen LogP contribution is -2.05. The molecule has 0 saturated heterocycles. The smallest absolute Gasteiger partial charge is 0.341 e. The molecule has 0 unspecified atom stereocenters. The Morgan fingerprint density at radius 3 is 2.84 bits per heavy atom. The van der Waals surface area contributed by atoms with Gasteiger partial charge in [0.15, 0.2) is 0 Å². The predicted octanol–water partition coefficient (Wildman–Crippen LogP) is 2.09. The molecule has 0 aliphatic heterocycles. The molecule has 0 aliphatic carbocycles. The zero-order valence-electron chi connectivity index (χ0n) is 11.2. The van der Waals surface area contributed by atoms with E-state index in [0.29, 0.717) is 11.3 Å². The molecule has 2 rings (SSSR count). The van der Waals surface area contributed by atoms with Gasteiger partial charge in [0.1, 0.15) is 12.4 Å². The highest BCUT2D eigenvalue weighted by atomic mass is 16.5. The van der Waals surface area contributed by atoms with E-state index in [9.17, 15) is 4.79 Å². The second-order valence-electron chi connectivity index (χ2n) is 4.29. The van der Waals surface area contributed by atoms with E-state index in [0.717, 1.165) is 11.1 Å². The summed E-state index contributed by atoms with van der Waals surface area (Å²) in [5.74, 6) is 0.321. The van der Waals surface area contributed by atoms with Crippen LogP contribution in [0, 0.1) is 6.92 Å². The lowest BCUT2D eigenvalue weighted by molar-refractivity contribution is 0.0470. The average molecular weight is 260 g/mol. The molecule has 0 N–H and O–H groups in total. The number of carbonyl (C=O) groups excluding carboxylic acids is 1. The first-order valence-electron chi connectivity index (χ1n) is 5.89. The van der Waals surface area contributed by atoms with Crippen molar-refractivity contribution in [2.24, 2.45) is 7.05 Å². The highest BCUT2D eigenvalue weighted by Gasteiger charge is 2.11. The van der Waals surface area contributed by atoms with Crippen molar-refractivity contribution in [1.82, 2.24) is 9.78 Å². The van der Waals surface area contributed by atoms with Gasteiger partial charge in [-0.2, -0.15) is 5.10 Å². The SMILES string of the molecule is COc1ccc(C)cc1COC(=O)c1cnn(C)c1. The number of ether oxygens (including phenoxy) is 2. The maximum absolute atomic E-state index is 11.8. The third-order valence-corrected chi connectivity index (χ3v) is 2.74. The van der Waals surface area contributed by atoms with Gasteiger partial charge in [-0.3, -0.25) is 4.68 Å². The second kappa shape index (κ2) is 5.56. The first kappa shape index (κ1) is 13.1. The van der Waals surface area contributed by atoms with Crippen molar-refractivity contribution in [3.05, 3.63) is 47.3 Å². The zero-order valence-corrected chi connectivity index (χ0v) is 11.2. The normalized spacial score (nSPS) is 10.3. The van der Waals surface area contributed by atoms with Crippen molar-refractivity contribution in [2.75, 3.05) is 7.11 Å². The number of aryl methyl sites for hydroxylation is 2. The highest BCUT2D eigenvalue weighted by Crippen LogP contribution is 2.20. The van der Waals surface area contributed by atoms with Crippen LogP contribution in [0.5, 0.6) is 5.75 Å². The van der Waals surface area contributed by atoms with Gasteiger partial charge in [0.2, 0.25) is 0 Å². The van der Waals surface area contributed by atoms with Crippen LogP contribution < -0.4 is 4.74 Å². The van der Waals surface area contributed by atoms with Crippen LogP contribution in [0.2, 0.25) is 0 Å². The van der Waals surface area contributed by atoms with Crippen LogP contribution in [0.3, 0.4) is 0 Å². The molecule has 5 nitrogen and oxygen atoms in total. The van der Waals surface area contributed by atoms with Gasteiger partial charge in [-0.25, -0.2) is 4.79 Å². The van der Waals surface area contributed by atoms with Crippen molar-refractivity contribution >= 4 is 5.97 Å². The third-order valence-electron chi connectivity index (χ3n) is 2.74. The summed E-state index contributed by atoms with van der Waals surface area (Å²) in [6.07, 6.45) is 3.10. The molecule has 0 radical (unpaired) electrons. The molecule has 0 aliphatic rings. The Morgan fingerprint density at radius 2 is 2.21 bits per heavy atom. The minimum Gasteiger partial charge on any atom is -0.496 e. The van der Waals surface area contributed by atoms with Crippen LogP contribution in [0.4, 0.5) is 0 Å². The summed E-state index contributed by atoms with van der Waals surface area (Å²) in [4.78, 5) is 11.8. The summed E-state index contributed by atoms with van der Waals surface area (Å²) in [6.45, 7) is 2.16. The Labute approximate surface area is 111 Å². The lowest BCUT2D eigenvalue weighted by Gasteiger charge is -2.09. The van der Waals surface area contributed by atoms with Crippen LogP contribution in [0.15, 0.2) is 30.6 Å². The Balaban J connectivity index is 2.06. The number of hydrogen-bond acceptors (Lipinski definition) is 4. The minimum atomic E-state index is -0.392. The Hall–Kier alpha value is -2.30. The number of carbonyl (C=O) groups is 1. The molecule has 1 heterocycles. The van der Waals surface area contributed by atoms with Crippen molar-refractivity contribution in [1.29, 1.82) is 0 Å². The van der Waals surface area contributed by atoms with Crippen molar-refractivity contribution in [3.63, 3.8) is 0 Å². The number of methoxy groups -OCH3 is 1. The van der Waals surface area contributed by atoms with Gasteiger partial charge in [0.25, 0.3) is 0 Å². The quantitative estimate of drug-likeness (QED) is 0.790. The standard InChI is InChI=1S/C14H16N2O3/c1-10-4-5-13(18-3)11(6-10)9-19-14(17)12-7-15-16(2)8-12/h4-8H,9H2,1-3H3. The molecule has 2 aromatic rings. The molecular formula is C14H16N2O3. The molecule has 0 fully saturated rings. The molecule has 0 bridgehead atoms. The average Bonchev–Trinajstić information content (AvgIpc) is 2.83. The van der Waals surface area contributed by atoms with Crippen LogP contribution in [-0.4, -0.2) is 22.9 Å². The fourth-order valence-electron chi connectivity index (χ4n) is 1.77. The van der Waals surface area contributed by atoms with E-state index in [2.05, 4.69) is 5.10 Å². The monoisotopic (exact) mass is 260 g/mol. The van der Waals surface area contributed by atoms with Gasteiger partial charge in [0.05, 0.1) is 18.9 Å². The van der Waals surface area contributed by atoms with Crippen LogP contribution in [0.25, 0.3) is 0 Å². The summed E-state index contributed by atoms with van der Waals surface area (Å²) in [5, 5.41) is 3.93. The first-order chi connectivity index (χ1) is 9.10. The maximum atomic E-state index is 11.8. The molecule has 1 aromatic heterocycles. The van der Waals surface area contributed by atoms with Crippen LogP contribution in [-0.2, 0) is 18.4 Å². The molecule has 0 spiro atoms. The summed E-state index contributed by atoms with van der Waals surface area (Å²) < 4.78 is 12.0. The summed E-state index contributed by atoms with van der Waals surface area (Å²) in [6, 6.07) is 5.75. The minimum absolute atomic E-state index is 0.179. The van der Waals surface area contributed by atoms with E-state index >= 15 is 0 Å². The fraction of sp³-hybridized carbons (Fsp3) is 0.286. The van der Waals surface area contributed by atoms with Gasteiger partial charge in [-0.1, -0.05) is 11.6 Å². The third kappa shape index (κ3) is 3.13. The summed E-state index contributed by atoms with van der Waals surface area (Å²) in [7, 11) is 3.34. The molecular weight excluding hydrogens is 244 g/mol. The van der Waals surface area contributed by atoms with E-state index in [1.807, 2.05) is 25.1 Å². The Bertz CT molecular complexity index is 590. The molecule has 5 heteroatoms. The highest BCUT2D eigenvalue weighted by molar-refractivity contribution is 5.88. The summed E-state index contributed by atoms with van der Waals surface area (Å²) >= 11 is 0. The second-order valence-corrected chi connectivity index (χ2v) is 4.29. The van der Waals surface area contributed by atoms with Gasteiger partial charge in [-0.15, -0.1) is 0 Å². The van der Waals surface area contributed by atoms with Gasteiger partial charge >= 0.3 is 5.97 Å². The number of benzene rings is 1. The molecule has 0 amide bonds. The molecule has 0 atom stereocenters. The van der Waals surface area contributed by atoms with Gasteiger partial charge in [0, 0.05) is 18.8 Å². The molecule has 19 heavy (non-hydrogen) atoms. The van der Waals surface area contributed by atoms with Crippen LogP contribution in [0.1, 0.15) is 21.5 Å². The van der Waals surface area contributed by atoms with Crippen molar-refractivity contribution < 1.29 is 14.3 Å². The van der Waals surface area contributed by atoms with E-state index in [1.165, 1.54) is 6.20 Å². The number of hydrogen-bond donors (Lipinski definition) is 0. The number of aromatic nitrogens is 2. The van der Waals surface area contributed by atoms with Crippen molar-refractivity contribution in [3.8, 4) is 5.75 Å². The maximum Gasteiger partial charge on any atom is 0.341 e. The van der Waals surface area contributed by atoms with E-state index in [1.54, 1.807) is 25.0 Å². The fourth-order valence-corrected chi connectivity index (χ4v) is 1.77. The van der Waals surface area contributed by atoms with Gasteiger partial charge < -0.3 is 9.47 Å². The number of nitrogens with zero attached hydrogens (tertiary/aromatic N) is 2. The van der Waals surface area contributed by atoms with E-state index in [-0.39, 0.29) is 6.61 Å². The number of rotatable bonds is 4. The van der Waals surface area contributed by atoms with Crippen molar-refractivity contribution in [2.45, 2.75) is 13.5 Å². The Kier molecular flexibility index (Phi) is 3.85. The lowest BCUT2D eigenvalue weighted by atomic mass is 10.1. The predicted molar refractivity (Wildman–Crippen MR) is 70.1 cm³/mol. The molecule has 0 saturated carbocycles.